The molecule has 1 aliphatic rings. The van der Waals surface area contributed by atoms with Crippen LogP contribution in [0.5, 0.6) is 11.5 Å². The second-order valence-corrected chi connectivity index (χ2v) is 7.20. The summed E-state index contributed by atoms with van der Waals surface area (Å²) in [6, 6.07) is 18.7. The molecule has 154 valence electrons. The van der Waals surface area contributed by atoms with Crippen molar-refractivity contribution in [1.29, 1.82) is 0 Å². The molecule has 0 spiro atoms. The van der Waals surface area contributed by atoms with Gasteiger partial charge in [0.2, 0.25) is 0 Å². The predicted molar refractivity (Wildman–Crippen MR) is 118 cm³/mol. The fourth-order valence-corrected chi connectivity index (χ4v) is 3.64. The summed E-state index contributed by atoms with van der Waals surface area (Å²) >= 11 is 0. The highest BCUT2D eigenvalue weighted by atomic mass is 16.6. The number of rotatable bonds is 4. The average molecular weight is 412 g/mol. The number of nitrogen functional groups attached to an aromatic ring is 1. The number of carbonyl (C=O) groups excluding carboxylic acids is 1. The van der Waals surface area contributed by atoms with E-state index in [1.54, 1.807) is 35.5 Å². The fraction of sp³-hybridized carbons (Fsp3) is 0.125. The summed E-state index contributed by atoms with van der Waals surface area (Å²) in [5.41, 5.74) is 8.68. The summed E-state index contributed by atoms with van der Waals surface area (Å²) in [5, 5.41) is 0.983. The Balaban J connectivity index is 1.59. The number of ether oxygens (including phenoxy) is 2. The van der Waals surface area contributed by atoms with Gasteiger partial charge in [0, 0.05) is 17.8 Å². The first-order valence-electron chi connectivity index (χ1n) is 9.95. The van der Waals surface area contributed by atoms with Crippen LogP contribution in [0.4, 0.5) is 11.5 Å². The van der Waals surface area contributed by atoms with Crippen molar-refractivity contribution in [2.24, 2.45) is 0 Å². The molecule has 7 heteroatoms. The van der Waals surface area contributed by atoms with Crippen LogP contribution >= 0.6 is 0 Å². The number of pyridine rings is 2. The van der Waals surface area contributed by atoms with Gasteiger partial charge >= 0.3 is 0 Å². The first-order chi connectivity index (χ1) is 15.2. The van der Waals surface area contributed by atoms with E-state index in [9.17, 15) is 4.79 Å². The van der Waals surface area contributed by atoms with E-state index in [0.29, 0.717) is 48.3 Å². The van der Waals surface area contributed by atoms with Gasteiger partial charge in [-0.1, -0.05) is 18.2 Å². The van der Waals surface area contributed by atoms with Crippen LogP contribution in [0.3, 0.4) is 0 Å². The number of amides is 1. The van der Waals surface area contributed by atoms with E-state index in [2.05, 4.69) is 9.97 Å². The van der Waals surface area contributed by atoms with E-state index in [0.717, 1.165) is 16.5 Å². The second-order valence-electron chi connectivity index (χ2n) is 7.20. The fourth-order valence-electron chi connectivity index (χ4n) is 3.64. The molecule has 2 N–H and O–H groups in total. The first-order valence-corrected chi connectivity index (χ1v) is 9.95. The van der Waals surface area contributed by atoms with E-state index < -0.39 is 0 Å². The number of aromatic nitrogens is 2. The quantitative estimate of drug-likeness (QED) is 0.548. The van der Waals surface area contributed by atoms with Crippen LogP contribution in [-0.2, 0) is 6.54 Å². The molecular formula is C24H20N4O3. The summed E-state index contributed by atoms with van der Waals surface area (Å²) in [6.07, 6.45) is 3.20. The van der Waals surface area contributed by atoms with Gasteiger partial charge in [-0.25, -0.2) is 4.98 Å². The lowest BCUT2D eigenvalue weighted by atomic mass is 10.1. The molecule has 3 heterocycles. The van der Waals surface area contributed by atoms with Crippen molar-refractivity contribution in [2.45, 2.75) is 6.54 Å². The van der Waals surface area contributed by atoms with E-state index in [1.807, 2.05) is 42.5 Å². The molecule has 0 bridgehead atoms. The molecule has 5 rings (SSSR count). The van der Waals surface area contributed by atoms with Gasteiger partial charge in [-0.15, -0.1) is 0 Å². The predicted octanol–water partition coefficient (Wildman–Crippen LogP) is 3.83. The van der Waals surface area contributed by atoms with Gasteiger partial charge in [-0.2, -0.15) is 0 Å². The van der Waals surface area contributed by atoms with Gasteiger partial charge in [0.15, 0.2) is 11.5 Å². The topological polar surface area (TPSA) is 90.6 Å². The standard InChI is InChI=1S/C24H20N4O3/c25-22-9-8-17-7-6-16(13-19(17)27-22)15-28(24(29)18-3-2-10-26-14-18)20-4-1-5-21-23(20)31-12-11-30-21/h1-10,13-14H,11-12,15H2,(H2,25,27). The molecule has 0 saturated carbocycles. The van der Waals surface area contributed by atoms with Crippen LogP contribution in [0.15, 0.2) is 73.1 Å². The maximum absolute atomic E-state index is 13.5. The minimum Gasteiger partial charge on any atom is -0.486 e. The van der Waals surface area contributed by atoms with Crippen molar-refractivity contribution in [2.75, 3.05) is 23.8 Å². The number of para-hydroxylation sites is 1. The van der Waals surface area contributed by atoms with Crippen LogP contribution in [0.25, 0.3) is 10.9 Å². The Morgan fingerprint density at radius 3 is 2.77 bits per heavy atom. The van der Waals surface area contributed by atoms with Crippen molar-refractivity contribution in [3.63, 3.8) is 0 Å². The van der Waals surface area contributed by atoms with Gasteiger partial charge in [-0.3, -0.25) is 9.78 Å². The SMILES string of the molecule is Nc1ccc2ccc(CN(C(=O)c3cccnc3)c3cccc4c3OCCO4)cc2n1. The van der Waals surface area contributed by atoms with E-state index >= 15 is 0 Å². The van der Waals surface area contributed by atoms with Crippen LogP contribution in [0.1, 0.15) is 15.9 Å². The first kappa shape index (κ1) is 18.9. The van der Waals surface area contributed by atoms with Gasteiger partial charge in [0.1, 0.15) is 19.0 Å². The van der Waals surface area contributed by atoms with Crippen LogP contribution in [0.2, 0.25) is 0 Å². The minimum absolute atomic E-state index is 0.184. The van der Waals surface area contributed by atoms with Crippen LogP contribution < -0.4 is 20.1 Å². The minimum atomic E-state index is -0.184. The molecule has 31 heavy (non-hydrogen) atoms. The molecule has 0 aliphatic carbocycles. The molecule has 0 atom stereocenters. The third-order valence-corrected chi connectivity index (χ3v) is 5.11. The Hall–Kier alpha value is -4.13. The number of anilines is 2. The highest BCUT2D eigenvalue weighted by molar-refractivity contribution is 6.07. The Bertz CT molecular complexity index is 1260. The zero-order chi connectivity index (χ0) is 21.2. The maximum Gasteiger partial charge on any atom is 0.260 e. The zero-order valence-corrected chi connectivity index (χ0v) is 16.7. The lowest BCUT2D eigenvalue weighted by Crippen LogP contribution is -2.31. The van der Waals surface area contributed by atoms with E-state index in [4.69, 9.17) is 15.2 Å². The normalized spacial score (nSPS) is 12.5. The number of carbonyl (C=O) groups is 1. The molecule has 0 unspecified atom stereocenters. The zero-order valence-electron chi connectivity index (χ0n) is 16.7. The number of hydrogen-bond acceptors (Lipinski definition) is 6. The van der Waals surface area contributed by atoms with Crippen molar-refractivity contribution >= 4 is 28.3 Å². The number of fused-ring (bicyclic) bond motifs is 2. The molecule has 2 aromatic heterocycles. The molecule has 2 aromatic carbocycles. The lowest BCUT2D eigenvalue weighted by Gasteiger charge is -2.28. The van der Waals surface area contributed by atoms with Gasteiger partial charge in [0.05, 0.1) is 23.3 Å². The Labute approximate surface area is 179 Å². The smallest absolute Gasteiger partial charge is 0.260 e. The van der Waals surface area contributed by atoms with Crippen molar-refractivity contribution in [3.8, 4) is 11.5 Å². The molecule has 0 radical (unpaired) electrons. The molecule has 7 nitrogen and oxygen atoms in total. The Kier molecular flexibility index (Phi) is 4.84. The summed E-state index contributed by atoms with van der Waals surface area (Å²) in [6.45, 7) is 1.23. The van der Waals surface area contributed by atoms with Crippen molar-refractivity contribution in [1.82, 2.24) is 9.97 Å². The van der Waals surface area contributed by atoms with Crippen molar-refractivity contribution < 1.29 is 14.3 Å². The van der Waals surface area contributed by atoms with Crippen LogP contribution in [-0.4, -0.2) is 29.1 Å². The van der Waals surface area contributed by atoms with Crippen LogP contribution in [0, 0.1) is 0 Å². The number of hydrogen-bond donors (Lipinski definition) is 1. The number of nitrogens with two attached hydrogens (primary N) is 1. The Morgan fingerprint density at radius 1 is 1.03 bits per heavy atom. The largest absolute Gasteiger partial charge is 0.486 e. The molecular weight excluding hydrogens is 392 g/mol. The summed E-state index contributed by atoms with van der Waals surface area (Å²) in [7, 11) is 0. The van der Waals surface area contributed by atoms with E-state index in [1.165, 1.54) is 0 Å². The molecule has 0 fully saturated rings. The molecule has 1 aliphatic heterocycles. The maximum atomic E-state index is 13.5. The third-order valence-electron chi connectivity index (χ3n) is 5.11. The Morgan fingerprint density at radius 2 is 1.90 bits per heavy atom. The van der Waals surface area contributed by atoms with Gasteiger partial charge in [0.25, 0.3) is 5.91 Å². The van der Waals surface area contributed by atoms with Crippen molar-refractivity contribution in [3.05, 3.63) is 84.2 Å². The lowest BCUT2D eigenvalue weighted by molar-refractivity contribution is 0.0982. The summed E-state index contributed by atoms with van der Waals surface area (Å²) < 4.78 is 11.6. The average Bonchev–Trinajstić information content (AvgIpc) is 2.82. The summed E-state index contributed by atoms with van der Waals surface area (Å²) in [5.74, 6) is 1.46. The molecule has 4 aromatic rings. The van der Waals surface area contributed by atoms with Gasteiger partial charge < -0.3 is 20.1 Å². The monoisotopic (exact) mass is 412 g/mol. The molecule has 0 saturated heterocycles. The summed E-state index contributed by atoms with van der Waals surface area (Å²) in [4.78, 5) is 23.7. The van der Waals surface area contributed by atoms with E-state index in [-0.39, 0.29) is 5.91 Å². The highest BCUT2D eigenvalue weighted by Crippen LogP contribution is 2.40. The number of benzene rings is 2. The van der Waals surface area contributed by atoms with Gasteiger partial charge in [-0.05, 0) is 48.0 Å². The molecule has 1 amide bonds. The highest BCUT2D eigenvalue weighted by Gasteiger charge is 2.25. The second kappa shape index (κ2) is 7.95. The third kappa shape index (κ3) is 3.73. The number of nitrogens with zero attached hydrogens (tertiary/aromatic N) is 3.